The Bertz CT molecular complexity index is 1090. The van der Waals surface area contributed by atoms with Crippen LogP contribution in [0.25, 0.3) is 11.1 Å². The van der Waals surface area contributed by atoms with E-state index in [1.165, 1.54) is 12.1 Å². The molecule has 2 aromatic heterocycles. The molecule has 7 nitrogen and oxygen atoms in total. The number of nitrogens with two attached hydrogens (primary N) is 1. The molecule has 1 aromatic carbocycles. The number of aromatic nitrogens is 3. The molecule has 0 bridgehead atoms. The molecule has 0 saturated heterocycles. The molecular formula is C21H23FN6O. The average Bonchev–Trinajstić information content (AvgIpc) is 3.04. The molecule has 0 saturated carbocycles. The fourth-order valence-corrected chi connectivity index (χ4v) is 3.30. The van der Waals surface area contributed by atoms with Crippen molar-refractivity contribution in [2.24, 2.45) is 7.05 Å². The molecule has 0 aliphatic carbocycles. The van der Waals surface area contributed by atoms with E-state index in [4.69, 9.17) is 10.5 Å². The van der Waals surface area contributed by atoms with Gasteiger partial charge in [-0.05, 0) is 37.6 Å². The first kappa shape index (κ1) is 20.1. The number of nitrogens with zero attached hydrogens (tertiary/aromatic N) is 4. The number of nitrogens with one attached hydrogen (secondary N) is 1. The number of nitriles is 1. The highest BCUT2D eigenvalue weighted by atomic mass is 19.1. The number of halogens is 1. The Hall–Kier alpha value is -3.60. The van der Waals surface area contributed by atoms with Crippen molar-refractivity contribution in [3.8, 4) is 22.9 Å². The highest BCUT2D eigenvalue weighted by Crippen LogP contribution is 2.35. The number of pyridine rings is 1. The topological polar surface area (TPSA) is 102 Å². The lowest BCUT2D eigenvalue weighted by atomic mass is 10.0. The number of anilines is 2. The monoisotopic (exact) mass is 394 g/mol. The van der Waals surface area contributed by atoms with E-state index < -0.39 is 6.10 Å². The molecule has 3 rings (SSSR count). The van der Waals surface area contributed by atoms with Crippen molar-refractivity contribution in [2.75, 3.05) is 18.1 Å². The van der Waals surface area contributed by atoms with Gasteiger partial charge in [-0.3, -0.25) is 4.68 Å². The second-order valence-corrected chi connectivity index (χ2v) is 6.61. The number of nitrogen functional groups attached to an aromatic ring is 1. The summed E-state index contributed by atoms with van der Waals surface area (Å²) in [5, 5.41) is 17.0. The first-order valence-corrected chi connectivity index (χ1v) is 9.25. The molecule has 8 heteroatoms. The van der Waals surface area contributed by atoms with Crippen molar-refractivity contribution in [3.63, 3.8) is 0 Å². The van der Waals surface area contributed by atoms with Crippen LogP contribution in [0, 0.1) is 17.1 Å². The molecule has 2 heterocycles. The predicted molar refractivity (Wildman–Crippen MR) is 110 cm³/mol. The zero-order valence-electron chi connectivity index (χ0n) is 16.8. The van der Waals surface area contributed by atoms with Crippen LogP contribution in [-0.2, 0) is 13.5 Å². The molecule has 0 spiro atoms. The Morgan fingerprint density at radius 2 is 2.14 bits per heavy atom. The van der Waals surface area contributed by atoms with Gasteiger partial charge in [0.05, 0.1) is 5.69 Å². The largest absolute Gasteiger partial charge is 0.482 e. The first-order chi connectivity index (χ1) is 13.9. The van der Waals surface area contributed by atoms with Crippen LogP contribution in [0.15, 0.2) is 30.5 Å². The summed E-state index contributed by atoms with van der Waals surface area (Å²) in [6, 6.07) is 8.40. The van der Waals surface area contributed by atoms with Crippen molar-refractivity contribution in [3.05, 3.63) is 53.2 Å². The van der Waals surface area contributed by atoms with Gasteiger partial charge in [-0.25, -0.2) is 9.37 Å². The minimum Gasteiger partial charge on any atom is -0.482 e. The fraction of sp³-hybridized carbons (Fsp3) is 0.286. The number of hydrogen-bond donors (Lipinski definition) is 2. The molecule has 1 unspecified atom stereocenters. The van der Waals surface area contributed by atoms with Gasteiger partial charge in [0.15, 0.2) is 11.6 Å². The maximum Gasteiger partial charge on any atom is 0.166 e. The van der Waals surface area contributed by atoms with Crippen molar-refractivity contribution in [2.45, 2.75) is 26.4 Å². The van der Waals surface area contributed by atoms with E-state index in [2.05, 4.69) is 21.5 Å². The number of hydrogen-bond acceptors (Lipinski definition) is 6. The Kier molecular flexibility index (Phi) is 5.69. The molecule has 3 N–H and O–H groups in total. The lowest BCUT2D eigenvalue weighted by molar-refractivity contribution is 0.228. The Balaban J connectivity index is 2.02. The summed E-state index contributed by atoms with van der Waals surface area (Å²) >= 11 is 0. The van der Waals surface area contributed by atoms with E-state index in [0.717, 1.165) is 11.4 Å². The second-order valence-electron chi connectivity index (χ2n) is 6.61. The van der Waals surface area contributed by atoms with Crippen molar-refractivity contribution in [1.29, 1.82) is 5.26 Å². The maximum atomic E-state index is 13.8. The van der Waals surface area contributed by atoms with Crippen LogP contribution in [0.1, 0.15) is 36.9 Å². The fourth-order valence-electron chi connectivity index (χ4n) is 3.30. The van der Waals surface area contributed by atoms with Crippen molar-refractivity contribution < 1.29 is 9.13 Å². The lowest BCUT2D eigenvalue weighted by Gasteiger charge is -2.19. The number of benzene rings is 1. The summed E-state index contributed by atoms with van der Waals surface area (Å²) in [4.78, 5) is 4.24. The van der Waals surface area contributed by atoms with Gasteiger partial charge in [-0.1, -0.05) is 6.92 Å². The van der Waals surface area contributed by atoms with Gasteiger partial charge < -0.3 is 15.8 Å². The Morgan fingerprint density at radius 1 is 1.38 bits per heavy atom. The summed E-state index contributed by atoms with van der Waals surface area (Å²) in [5.74, 6) is 0.218. The standard InChI is InChI=1S/C21H23FN6O/c1-5-16-20(18(10-23)28(4)27-16)13-8-19(21(24)26-11-13)29-12(2)15-9-14(22)6-7-17(15)25-3/h6-9,11-12,25H,5H2,1-4H3,(H2,24,26). The van der Waals surface area contributed by atoms with Gasteiger partial charge in [0.25, 0.3) is 0 Å². The average molecular weight is 394 g/mol. The third kappa shape index (κ3) is 3.85. The molecule has 29 heavy (non-hydrogen) atoms. The van der Waals surface area contributed by atoms with Gasteiger partial charge >= 0.3 is 0 Å². The highest BCUT2D eigenvalue weighted by molar-refractivity contribution is 5.73. The zero-order valence-corrected chi connectivity index (χ0v) is 16.8. The van der Waals surface area contributed by atoms with Crippen molar-refractivity contribution >= 4 is 11.5 Å². The molecule has 3 aromatic rings. The van der Waals surface area contributed by atoms with Crippen molar-refractivity contribution in [1.82, 2.24) is 14.8 Å². The Morgan fingerprint density at radius 3 is 2.79 bits per heavy atom. The second kappa shape index (κ2) is 8.19. The summed E-state index contributed by atoms with van der Waals surface area (Å²) < 4.78 is 21.4. The molecule has 1 atom stereocenters. The van der Waals surface area contributed by atoms with E-state index in [9.17, 15) is 9.65 Å². The van der Waals surface area contributed by atoms with Crippen LogP contribution in [0.2, 0.25) is 0 Å². The third-order valence-corrected chi connectivity index (χ3v) is 4.76. The maximum absolute atomic E-state index is 13.8. The normalized spacial score (nSPS) is 11.7. The minimum absolute atomic E-state index is 0.212. The van der Waals surface area contributed by atoms with Gasteiger partial charge in [-0.15, -0.1) is 0 Å². The zero-order chi connectivity index (χ0) is 21.1. The molecule has 0 amide bonds. The molecular weight excluding hydrogens is 371 g/mol. The van der Waals surface area contributed by atoms with Crippen LogP contribution in [0.3, 0.4) is 0 Å². The summed E-state index contributed by atoms with van der Waals surface area (Å²) in [6.07, 6.45) is 1.78. The molecule has 150 valence electrons. The lowest BCUT2D eigenvalue weighted by Crippen LogP contribution is -2.09. The smallest absolute Gasteiger partial charge is 0.166 e. The highest BCUT2D eigenvalue weighted by Gasteiger charge is 2.20. The molecule has 0 aliphatic heterocycles. The number of aryl methyl sites for hydroxylation is 2. The van der Waals surface area contributed by atoms with E-state index >= 15 is 0 Å². The van der Waals surface area contributed by atoms with Crippen LogP contribution in [-0.4, -0.2) is 21.8 Å². The van der Waals surface area contributed by atoms with E-state index in [-0.39, 0.29) is 11.6 Å². The summed E-state index contributed by atoms with van der Waals surface area (Å²) in [5.41, 5.74) is 10.1. The van der Waals surface area contributed by atoms with Gasteiger partial charge in [0.2, 0.25) is 0 Å². The third-order valence-electron chi connectivity index (χ3n) is 4.76. The van der Waals surface area contributed by atoms with Crippen LogP contribution < -0.4 is 15.8 Å². The SMILES string of the molecule is CCc1nn(C)c(C#N)c1-c1cnc(N)c(OC(C)c2cc(F)ccc2NC)c1. The van der Waals surface area contributed by atoms with E-state index in [0.29, 0.717) is 34.6 Å². The predicted octanol–water partition coefficient (Wildman–Crippen LogP) is 3.82. The van der Waals surface area contributed by atoms with Gasteiger partial charge in [-0.2, -0.15) is 10.4 Å². The van der Waals surface area contributed by atoms with Gasteiger partial charge in [0, 0.05) is 42.7 Å². The molecule has 0 radical (unpaired) electrons. The van der Waals surface area contributed by atoms with Crippen LogP contribution in [0.4, 0.5) is 15.9 Å². The Labute approximate surface area is 168 Å². The van der Waals surface area contributed by atoms with Crippen LogP contribution in [0.5, 0.6) is 5.75 Å². The number of ether oxygens (including phenoxy) is 1. The van der Waals surface area contributed by atoms with Gasteiger partial charge in [0.1, 0.15) is 23.7 Å². The number of rotatable bonds is 6. The summed E-state index contributed by atoms with van der Waals surface area (Å²) in [6.45, 7) is 3.78. The minimum atomic E-state index is -0.484. The molecule has 0 fully saturated rings. The summed E-state index contributed by atoms with van der Waals surface area (Å²) in [7, 11) is 3.49. The van der Waals surface area contributed by atoms with Crippen LogP contribution >= 0.6 is 0 Å². The van der Waals surface area contributed by atoms with E-state index in [1.807, 2.05) is 13.8 Å². The quantitative estimate of drug-likeness (QED) is 0.659. The molecule has 0 aliphatic rings. The first-order valence-electron chi connectivity index (χ1n) is 9.25. The van der Waals surface area contributed by atoms with E-state index in [1.54, 1.807) is 37.1 Å².